The zero-order valence-corrected chi connectivity index (χ0v) is 13.5. The zero-order valence-electron chi connectivity index (χ0n) is 13.5. The molecule has 0 N–H and O–H groups in total. The molecule has 6 nitrogen and oxygen atoms in total. The number of carbonyl (C=O) groups excluding carboxylic acids is 1. The van der Waals surface area contributed by atoms with Gasteiger partial charge in [-0.15, -0.1) is 0 Å². The maximum atomic E-state index is 13.6. The van der Waals surface area contributed by atoms with Gasteiger partial charge in [-0.3, -0.25) is 9.78 Å². The van der Waals surface area contributed by atoms with Crippen LogP contribution in [0.3, 0.4) is 0 Å². The van der Waals surface area contributed by atoms with Crippen LogP contribution >= 0.6 is 0 Å². The summed E-state index contributed by atoms with van der Waals surface area (Å²) < 4.78 is 18.9. The van der Waals surface area contributed by atoms with Crippen LogP contribution in [0, 0.1) is 12.7 Å². The van der Waals surface area contributed by atoms with Crippen molar-refractivity contribution in [2.24, 2.45) is 0 Å². The smallest absolute Gasteiger partial charge is 0.232 e. The Bertz CT molecular complexity index is 926. The van der Waals surface area contributed by atoms with Gasteiger partial charge in [0.1, 0.15) is 11.5 Å². The van der Waals surface area contributed by atoms with Crippen LogP contribution in [-0.2, 0) is 4.79 Å². The van der Waals surface area contributed by atoms with Crippen LogP contribution in [0.1, 0.15) is 23.8 Å². The maximum absolute atomic E-state index is 13.6. The number of benzene rings is 1. The second-order valence-electron chi connectivity index (χ2n) is 6.01. The van der Waals surface area contributed by atoms with Gasteiger partial charge in [-0.25, -0.2) is 4.39 Å². The average Bonchev–Trinajstić information content (AvgIpc) is 3.25. The van der Waals surface area contributed by atoms with E-state index in [4.69, 9.17) is 4.52 Å². The highest BCUT2D eigenvalue weighted by molar-refractivity contribution is 5.97. The summed E-state index contributed by atoms with van der Waals surface area (Å²) in [5, 5.41) is 3.95. The lowest BCUT2D eigenvalue weighted by atomic mass is 10.1. The third kappa shape index (κ3) is 2.88. The van der Waals surface area contributed by atoms with Crippen LogP contribution in [0.5, 0.6) is 0 Å². The highest BCUT2D eigenvalue weighted by Crippen LogP contribution is 2.33. The number of nitrogens with zero attached hydrogens (tertiary/aromatic N) is 4. The van der Waals surface area contributed by atoms with Gasteiger partial charge in [0.2, 0.25) is 17.6 Å². The lowest BCUT2D eigenvalue weighted by Crippen LogP contribution is -2.25. The highest BCUT2D eigenvalue weighted by atomic mass is 19.1. The Kier molecular flexibility index (Phi) is 3.76. The van der Waals surface area contributed by atoms with Crippen LogP contribution in [0.15, 0.2) is 47.1 Å². The van der Waals surface area contributed by atoms with Gasteiger partial charge in [0.25, 0.3) is 0 Å². The molecule has 1 saturated heterocycles. The molecule has 3 aromatic rings. The number of carbonyl (C=O) groups is 1. The summed E-state index contributed by atoms with van der Waals surface area (Å²) in [4.78, 5) is 22.5. The molecule has 1 atom stereocenters. The van der Waals surface area contributed by atoms with E-state index < -0.39 is 0 Å². The Labute approximate surface area is 143 Å². The van der Waals surface area contributed by atoms with Gasteiger partial charge in [0, 0.05) is 24.8 Å². The molecule has 1 aromatic carbocycles. The Hall–Kier alpha value is -3.09. The summed E-state index contributed by atoms with van der Waals surface area (Å²) in [5.74, 6) is 0.109. The summed E-state index contributed by atoms with van der Waals surface area (Å²) in [7, 11) is 0. The molecule has 1 unspecified atom stereocenters. The zero-order chi connectivity index (χ0) is 17.4. The molecule has 0 aliphatic carbocycles. The van der Waals surface area contributed by atoms with Crippen LogP contribution < -0.4 is 4.90 Å². The van der Waals surface area contributed by atoms with Crippen molar-refractivity contribution in [2.45, 2.75) is 19.3 Å². The van der Waals surface area contributed by atoms with Crippen molar-refractivity contribution in [3.8, 4) is 11.5 Å². The van der Waals surface area contributed by atoms with Crippen LogP contribution in [0.2, 0.25) is 0 Å². The standard InChI is InChI=1S/C18H15FN4O2/c1-11-5-6-13(19)9-15(11)23-10-12(8-16(23)24)18-21-17(22-25-18)14-4-2-3-7-20-14/h2-7,9,12H,8,10H2,1H3. The fourth-order valence-electron chi connectivity index (χ4n) is 2.98. The number of pyridine rings is 1. The first-order valence-electron chi connectivity index (χ1n) is 7.93. The number of anilines is 1. The molecule has 0 saturated carbocycles. The maximum Gasteiger partial charge on any atom is 0.232 e. The van der Waals surface area contributed by atoms with E-state index in [2.05, 4.69) is 15.1 Å². The van der Waals surface area contributed by atoms with Crippen molar-refractivity contribution < 1.29 is 13.7 Å². The van der Waals surface area contributed by atoms with E-state index in [1.807, 2.05) is 13.0 Å². The largest absolute Gasteiger partial charge is 0.339 e. The van der Waals surface area contributed by atoms with Gasteiger partial charge in [-0.2, -0.15) is 4.98 Å². The predicted molar refractivity (Wildman–Crippen MR) is 88.4 cm³/mol. The van der Waals surface area contributed by atoms with Crippen LogP contribution in [0.4, 0.5) is 10.1 Å². The van der Waals surface area contributed by atoms with E-state index in [-0.39, 0.29) is 24.1 Å². The minimum Gasteiger partial charge on any atom is -0.339 e. The second-order valence-corrected chi connectivity index (χ2v) is 6.01. The quantitative estimate of drug-likeness (QED) is 0.734. The summed E-state index contributed by atoms with van der Waals surface area (Å²) >= 11 is 0. The minimum absolute atomic E-state index is 0.0868. The lowest BCUT2D eigenvalue weighted by Gasteiger charge is -2.18. The molecule has 1 fully saturated rings. The Morgan fingerprint density at radius 2 is 2.16 bits per heavy atom. The summed E-state index contributed by atoms with van der Waals surface area (Å²) in [5.41, 5.74) is 2.03. The molecule has 0 bridgehead atoms. The van der Waals surface area contributed by atoms with Crippen molar-refractivity contribution in [3.05, 3.63) is 59.9 Å². The number of hydrogen-bond donors (Lipinski definition) is 0. The molecule has 126 valence electrons. The number of aryl methyl sites for hydroxylation is 1. The van der Waals surface area contributed by atoms with Gasteiger partial charge in [0.05, 0.1) is 5.92 Å². The highest BCUT2D eigenvalue weighted by Gasteiger charge is 2.36. The fourth-order valence-corrected chi connectivity index (χ4v) is 2.98. The van der Waals surface area contributed by atoms with Gasteiger partial charge in [0.15, 0.2) is 0 Å². The third-order valence-electron chi connectivity index (χ3n) is 4.27. The van der Waals surface area contributed by atoms with E-state index in [0.29, 0.717) is 29.6 Å². The summed E-state index contributed by atoms with van der Waals surface area (Å²) in [6.07, 6.45) is 1.90. The molecule has 4 rings (SSSR count). The van der Waals surface area contributed by atoms with Crippen LogP contribution in [0.25, 0.3) is 11.5 Å². The number of hydrogen-bond acceptors (Lipinski definition) is 5. The van der Waals surface area contributed by atoms with Crippen molar-refractivity contribution in [3.63, 3.8) is 0 Å². The minimum atomic E-state index is -0.368. The Morgan fingerprint density at radius 3 is 2.96 bits per heavy atom. The van der Waals surface area contributed by atoms with Gasteiger partial charge in [-0.05, 0) is 36.8 Å². The van der Waals surface area contributed by atoms with E-state index in [1.165, 1.54) is 12.1 Å². The van der Waals surface area contributed by atoms with Gasteiger partial charge >= 0.3 is 0 Å². The molecule has 25 heavy (non-hydrogen) atoms. The third-order valence-corrected chi connectivity index (χ3v) is 4.27. The molecule has 2 aromatic heterocycles. The summed E-state index contributed by atoms with van der Waals surface area (Å²) in [6.45, 7) is 2.23. The number of amides is 1. The van der Waals surface area contributed by atoms with Crippen molar-refractivity contribution in [1.82, 2.24) is 15.1 Å². The second kappa shape index (κ2) is 6.08. The average molecular weight is 338 g/mol. The molecule has 1 aliphatic heterocycles. The molecule has 0 radical (unpaired) electrons. The number of aromatic nitrogens is 3. The first-order chi connectivity index (χ1) is 12.1. The molecule has 1 amide bonds. The topological polar surface area (TPSA) is 72.1 Å². The van der Waals surface area contributed by atoms with Crippen molar-refractivity contribution in [1.29, 1.82) is 0 Å². The SMILES string of the molecule is Cc1ccc(F)cc1N1CC(c2nc(-c3ccccn3)no2)CC1=O. The Balaban J connectivity index is 1.59. The first-order valence-corrected chi connectivity index (χ1v) is 7.93. The number of halogens is 1. The molecule has 7 heteroatoms. The van der Waals surface area contributed by atoms with Crippen LogP contribution in [-0.4, -0.2) is 27.6 Å². The molecular formula is C18H15FN4O2. The van der Waals surface area contributed by atoms with E-state index in [0.717, 1.165) is 5.56 Å². The molecule has 1 aliphatic rings. The molecular weight excluding hydrogens is 323 g/mol. The number of rotatable bonds is 3. The van der Waals surface area contributed by atoms with E-state index in [1.54, 1.807) is 29.3 Å². The molecule has 3 heterocycles. The summed E-state index contributed by atoms with van der Waals surface area (Å²) in [6, 6.07) is 9.86. The van der Waals surface area contributed by atoms with Gasteiger partial charge in [-0.1, -0.05) is 17.3 Å². The van der Waals surface area contributed by atoms with Gasteiger partial charge < -0.3 is 9.42 Å². The lowest BCUT2D eigenvalue weighted by molar-refractivity contribution is -0.117. The normalized spacial score (nSPS) is 17.3. The fraction of sp³-hybridized carbons (Fsp3) is 0.222. The monoisotopic (exact) mass is 338 g/mol. The first kappa shape index (κ1) is 15.4. The van der Waals surface area contributed by atoms with Crippen molar-refractivity contribution >= 4 is 11.6 Å². The van der Waals surface area contributed by atoms with Crippen molar-refractivity contribution in [2.75, 3.05) is 11.4 Å². The van der Waals surface area contributed by atoms with E-state index >= 15 is 0 Å². The predicted octanol–water partition coefficient (Wildman–Crippen LogP) is 3.10. The molecule has 0 spiro atoms. The van der Waals surface area contributed by atoms with E-state index in [9.17, 15) is 9.18 Å². The Morgan fingerprint density at radius 1 is 1.28 bits per heavy atom.